The molecule has 0 fully saturated rings. The van der Waals surface area contributed by atoms with Gasteiger partial charge in [-0.2, -0.15) is 13.2 Å². The Kier molecular flexibility index (Phi) is 6.22. The zero-order chi connectivity index (χ0) is 16.9. The predicted octanol–water partition coefficient (Wildman–Crippen LogP) is 3.24. The Morgan fingerprint density at radius 3 is 2.45 bits per heavy atom. The number of nitrogens with one attached hydrogen (secondary N) is 1. The molecule has 0 aromatic heterocycles. The number of anilines is 1. The van der Waals surface area contributed by atoms with Gasteiger partial charge in [-0.1, -0.05) is 18.5 Å². The van der Waals surface area contributed by atoms with E-state index in [-0.39, 0.29) is 5.02 Å². The van der Waals surface area contributed by atoms with Crippen LogP contribution >= 0.6 is 11.6 Å². The lowest BCUT2D eigenvalue weighted by atomic mass is 10.1. The molecule has 0 heterocycles. The summed E-state index contributed by atoms with van der Waals surface area (Å²) in [6.07, 6.45) is -4.01. The molecule has 0 aliphatic carbocycles. The molecule has 0 saturated heterocycles. The van der Waals surface area contributed by atoms with Gasteiger partial charge in [0.1, 0.15) is 6.54 Å². The summed E-state index contributed by atoms with van der Waals surface area (Å²) >= 11 is 5.60. The van der Waals surface area contributed by atoms with Crippen LogP contribution in [0.5, 0.6) is 0 Å². The van der Waals surface area contributed by atoms with Gasteiger partial charge >= 0.3 is 6.18 Å². The lowest BCUT2D eigenvalue weighted by molar-refractivity contribution is -0.137. The minimum absolute atomic E-state index is 0.102. The number of nitrogens with zero attached hydrogens (tertiary/aromatic N) is 1. The third kappa shape index (κ3) is 4.91. The summed E-state index contributed by atoms with van der Waals surface area (Å²) in [5.74, 6) is -1.19. The monoisotopic (exact) mass is 336 g/mol. The van der Waals surface area contributed by atoms with E-state index in [1.165, 1.54) is 6.07 Å². The Labute approximate surface area is 131 Å². The van der Waals surface area contributed by atoms with E-state index in [1.54, 1.807) is 0 Å². The van der Waals surface area contributed by atoms with Gasteiger partial charge in [0, 0.05) is 18.5 Å². The Morgan fingerprint density at radius 1 is 1.32 bits per heavy atom. The molecule has 4 nitrogen and oxygen atoms in total. The Balaban J connectivity index is 3.17. The van der Waals surface area contributed by atoms with E-state index in [9.17, 15) is 22.8 Å². The Hall–Kier alpha value is -1.76. The third-order valence-corrected chi connectivity index (χ3v) is 3.04. The summed E-state index contributed by atoms with van der Waals surface area (Å²) in [5.41, 5.74) is -1.45. The SMILES string of the molecule is CCCNC(=O)CN(C(C)=O)c1ccc(Cl)cc1C(F)(F)F. The molecule has 0 radical (unpaired) electrons. The molecule has 1 rings (SSSR count). The second-order valence-electron chi connectivity index (χ2n) is 4.61. The molecule has 0 atom stereocenters. The number of amides is 2. The van der Waals surface area contributed by atoms with Crippen molar-refractivity contribution in [1.29, 1.82) is 0 Å². The van der Waals surface area contributed by atoms with Crippen LogP contribution in [-0.4, -0.2) is 24.9 Å². The normalized spacial score (nSPS) is 11.2. The topological polar surface area (TPSA) is 49.4 Å². The number of hydrogen-bond donors (Lipinski definition) is 1. The lowest BCUT2D eigenvalue weighted by Gasteiger charge is -2.24. The fourth-order valence-corrected chi connectivity index (χ4v) is 1.97. The summed E-state index contributed by atoms with van der Waals surface area (Å²) in [6.45, 7) is 2.84. The van der Waals surface area contributed by atoms with Gasteiger partial charge in [-0.05, 0) is 24.6 Å². The fourth-order valence-electron chi connectivity index (χ4n) is 1.80. The van der Waals surface area contributed by atoms with E-state index in [2.05, 4.69) is 5.32 Å². The van der Waals surface area contributed by atoms with E-state index >= 15 is 0 Å². The second kappa shape index (κ2) is 7.49. The maximum absolute atomic E-state index is 13.1. The fraction of sp³-hybridized carbons (Fsp3) is 0.429. The van der Waals surface area contributed by atoms with Crippen molar-refractivity contribution in [3.8, 4) is 0 Å². The Morgan fingerprint density at radius 2 is 1.95 bits per heavy atom. The van der Waals surface area contributed by atoms with Crippen molar-refractivity contribution in [3.05, 3.63) is 28.8 Å². The number of alkyl halides is 3. The molecule has 0 saturated carbocycles. The van der Waals surface area contributed by atoms with Crippen molar-refractivity contribution < 1.29 is 22.8 Å². The minimum Gasteiger partial charge on any atom is -0.355 e. The molecule has 2 amide bonds. The van der Waals surface area contributed by atoms with E-state index < -0.39 is 35.8 Å². The van der Waals surface area contributed by atoms with Gasteiger partial charge in [-0.25, -0.2) is 0 Å². The molecule has 0 aliphatic rings. The van der Waals surface area contributed by atoms with Gasteiger partial charge in [0.2, 0.25) is 11.8 Å². The molecular weight excluding hydrogens is 321 g/mol. The van der Waals surface area contributed by atoms with Crippen LogP contribution in [0.4, 0.5) is 18.9 Å². The number of carbonyl (C=O) groups excluding carboxylic acids is 2. The average Bonchev–Trinajstić information content (AvgIpc) is 2.41. The molecule has 122 valence electrons. The molecule has 0 bridgehead atoms. The van der Waals surface area contributed by atoms with Gasteiger partial charge in [-0.15, -0.1) is 0 Å². The van der Waals surface area contributed by atoms with Gasteiger partial charge in [0.15, 0.2) is 0 Å². The summed E-state index contributed by atoms with van der Waals surface area (Å²) < 4.78 is 39.3. The summed E-state index contributed by atoms with van der Waals surface area (Å²) in [4.78, 5) is 24.2. The van der Waals surface area contributed by atoms with Crippen LogP contribution in [0.15, 0.2) is 18.2 Å². The molecule has 0 unspecified atom stereocenters. The minimum atomic E-state index is -4.69. The second-order valence-corrected chi connectivity index (χ2v) is 5.05. The van der Waals surface area contributed by atoms with Crippen LogP contribution in [-0.2, 0) is 15.8 Å². The van der Waals surface area contributed by atoms with Crippen molar-refractivity contribution in [3.63, 3.8) is 0 Å². The van der Waals surface area contributed by atoms with Crippen molar-refractivity contribution in [2.75, 3.05) is 18.0 Å². The van der Waals surface area contributed by atoms with Gasteiger partial charge in [0.05, 0.1) is 11.3 Å². The van der Waals surface area contributed by atoms with Crippen LogP contribution in [0.1, 0.15) is 25.8 Å². The van der Waals surface area contributed by atoms with Crippen LogP contribution in [0.2, 0.25) is 5.02 Å². The quantitative estimate of drug-likeness (QED) is 0.897. The van der Waals surface area contributed by atoms with E-state index in [4.69, 9.17) is 11.6 Å². The Bertz CT molecular complexity index is 562. The largest absolute Gasteiger partial charge is 0.418 e. The summed E-state index contributed by atoms with van der Waals surface area (Å²) in [6, 6.07) is 3.06. The molecule has 8 heteroatoms. The highest BCUT2D eigenvalue weighted by atomic mass is 35.5. The van der Waals surface area contributed by atoms with Crippen molar-refractivity contribution in [2.24, 2.45) is 0 Å². The van der Waals surface area contributed by atoms with Gasteiger partial charge in [0.25, 0.3) is 0 Å². The number of benzene rings is 1. The highest BCUT2D eigenvalue weighted by molar-refractivity contribution is 6.30. The number of rotatable bonds is 5. The van der Waals surface area contributed by atoms with Crippen LogP contribution < -0.4 is 10.2 Å². The maximum Gasteiger partial charge on any atom is 0.418 e. The first-order valence-electron chi connectivity index (χ1n) is 6.58. The van der Waals surface area contributed by atoms with Crippen LogP contribution in [0.3, 0.4) is 0 Å². The highest BCUT2D eigenvalue weighted by Gasteiger charge is 2.36. The van der Waals surface area contributed by atoms with E-state index in [0.717, 1.165) is 24.0 Å². The van der Waals surface area contributed by atoms with Crippen LogP contribution in [0, 0.1) is 0 Å². The first kappa shape index (κ1) is 18.3. The smallest absolute Gasteiger partial charge is 0.355 e. The van der Waals surface area contributed by atoms with Gasteiger partial charge in [-0.3, -0.25) is 9.59 Å². The zero-order valence-electron chi connectivity index (χ0n) is 12.1. The summed E-state index contributed by atoms with van der Waals surface area (Å²) in [5, 5.41) is 2.42. The summed E-state index contributed by atoms with van der Waals surface area (Å²) in [7, 11) is 0. The number of hydrogen-bond acceptors (Lipinski definition) is 2. The molecule has 1 N–H and O–H groups in total. The molecule has 0 aliphatic heterocycles. The van der Waals surface area contributed by atoms with Crippen molar-refractivity contribution >= 4 is 29.1 Å². The average molecular weight is 337 g/mol. The number of carbonyl (C=O) groups is 2. The first-order valence-corrected chi connectivity index (χ1v) is 6.96. The molecule has 1 aromatic rings. The molecular formula is C14H16ClF3N2O2. The molecule has 0 spiro atoms. The predicted molar refractivity (Wildman–Crippen MR) is 77.8 cm³/mol. The maximum atomic E-state index is 13.1. The highest BCUT2D eigenvalue weighted by Crippen LogP contribution is 2.38. The van der Waals surface area contributed by atoms with Gasteiger partial charge < -0.3 is 10.2 Å². The molecule has 1 aromatic carbocycles. The standard InChI is InChI=1S/C14H16ClF3N2O2/c1-3-6-19-13(22)8-20(9(2)21)12-5-4-10(15)7-11(12)14(16,17)18/h4-5,7H,3,6,8H2,1-2H3,(H,19,22). The van der Waals surface area contributed by atoms with Crippen molar-refractivity contribution in [2.45, 2.75) is 26.4 Å². The van der Waals surface area contributed by atoms with E-state index in [0.29, 0.717) is 13.0 Å². The lowest BCUT2D eigenvalue weighted by Crippen LogP contribution is -2.40. The number of halogens is 4. The third-order valence-electron chi connectivity index (χ3n) is 2.81. The van der Waals surface area contributed by atoms with Crippen LogP contribution in [0.25, 0.3) is 0 Å². The zero-order valence-corrected chi connectivity index (χ0v) is 12.9. The van der Waals surface area contributed by atoms with Crippen molar-refractivity contribution in [1.82, 2.24) is 5.32 Å². The van der Waals surface area contributed by atoms with E-state index in [1.807, 2.05) is 6.92 Å². The molecule has 22 heavy (non-hydrogen) atoms. The first-order chi connectivity index (χ1) is 10.2.